The lowest BCUT2D eigenvalue weighted by Gasteiger charge is -2.28. The van der Waals surface area contributed by atoms with Crippen molar-refractivity contribution in [2.45, 2.75) is 37.8 Å². The molecule has 0 aliphatic heterocycles. The summed E-state index contributed by atoms with van der Waals surface area (Å²) in [4.78, 5) is 7.94. The van der Waals surface area contributed by atoms with Crippen LogP contribution in [0.4, 0.5) is 5.82 Å². The Labute approximate surface area is 108 Å². The van der Waals surface area contributed by atoms with E-state index in [9.17, 15) is 5.11 Å². The van der Waals surface area contributed by atoms with Crippen LogP contribution >= 0.6 is 27.5 Å². The Hall–Kier alpha value is -0.390. The van der Waals surface area contributed by atoms with Crippen LogP contribution in [0.1, 0.15) is 25.7 Å². The number of nitrogens with one attached hydrogen (secondary N) is 1. The summed E-state index contributed by atoms with van der Waals surface area (Å²) in [5.74, 6) is 0.644. The Balaban J connectivity index is 2.10. The van der Waals surface area contributed by atoms with E-state index in [4.69, 9.17) is 11.6 Å². The Kier molecular flexibility index (Phi) is 4.00. The molecule has 2 N–H and O–H groups in total. The van der Waals surface area contributed by atoms with Crippen molar-refractivity contribution < 1.29 is 5.11 Å². The minimum atomic E-state index is -0.311. The molecule has 2 rings (SSSR count). The van der Waals surface area contributed by atoms with E-state index >= 15 is 0 Å². The summed E-state index contributed by atoms with van der Waals surface area (Å²) in [6, 6.07) is 0.0519. The highest BCUT2D eigenvalue weighted by Gasteiger charge is 2.23. The molecule has 0 aromatic carbocycles. The van der Waals surface area contributed by atoms with Gasteiger partial charge in [0, 0.05) is 6.20 Å². The lowest BCUT2D eigenvalue weighted by atomic mass is 9.93. The number of anilines is 1. The average Bonchev–Trinajstić information content (AvgIpc) is 2.27. The van der Waals surface area contributed by atoms with Crippen LogP contribution in [0.25, 0.3) is 0 Å². The topological polar surface area (TPSA) is 58.0 Å². The summed E-state index contributed by atoms with van der Waals surface area (Å²) in [6.45, 7) is 0. The van der Waals surface area contributed by atoms with Gasteiger partial charge in [-0.25, -0.2) is 4.98 Å². The second-order valence-electron chi connectivity index (χ2n) is 3.94. The Bertz CT molecular complexity index is 377. The van der Waals surface area contributed by atoms with E-state index < -0.39 is 0 Å². The van der Waals surface area contributed by atoms with E-state index in [0.717, 1.165) is 30.2 Å². The number of nitrogens with zero attached hydrogens (tertiary/aromatic N) is 2. The quantitative estimate of drug-likeness (QED) is 0.825. The molecule has 4 nitrogen and oxygen atoms in total. The first kappa shape index (κ1) is 12.1. The van der Waals surface area contributed by atoms with Crippen molar-refractivity contribution >= 4 is 33.3 Å². The first-order valence-corrected chi connectivity index (χ1v) is 6.46. The van der Waals surface area contributed by atoms with Crippen molar-refractivity contribution in [1.82, 2.24) is 9.97 Å². The highest BCUT2D eigenvalue weighted by atomic mass is 79.9. The highest BCUT2D eigenvalue weighted by Crippen LogP contribution is 2.25. The Morgan fingerprint density at radius 1 is 1.44 bits per heavy atom. The zero-order valence-corrected chi connectivity index (χ0v) is 11.0. The summed E-state index contributed by atoms with van der Waals surface area (Å²) in [7, 11) is 0. The number of aromatic nitrogens is 2. The molecule has 2 atom stereocenters. The number of aliphatic hydroxyl groups is 1. The number of hydrogen-bond donors (Lipinski definition) is 2. The van der Waals surface area contributed by atoms with Gasteiger partial charge in [-0.05, 0) is 40.4 Å². The zero-order chi connectivity index (χ0) is 11.5. The maximum Gasteiger partial charge on any atom is 0.224 e. The molecule has 1 fully saturated rings. The van der Waals surface area contributed by atoms with E-state index in [0.29, 0.717) is 5.82 Å². The molecular formula is C10H13BrClN3O. The summed E-state index contributed by atoms with van der Waals surface area (Å²) >= 11 is 9.07. The van der Waals surface area contributed by atoms with Crippen LogP contribution in [-0.2, 0) is 0 Å². The number of rotatable bonds is 2. The molecule has 88 valence electrons. The van der Waals surface area contributed by atoms with Gasteiger partial charge in [-0.3, -0.25) is 0 Å². The summed E-state index contributed by atoms with van der Waals surface area (Å²) in [5.41, 5.74) is 0. The largest absolute Gasteiger partial charge is 0.391 e. The molecule has 1 aliphatic carbocycles. The van der Waals surface area contributed by atoms with Gasteiger partial charge in [0.1, 0.15) is 5.82 Å². The molecule has 1 aromatic rings. The molecule has 0 radical (unpaired) electrons. The maximum absolute atomic E-state index is 9.84. The van der Waals surface area contributed by atoms with Crippen molar-refractivity contribution in [3.8, 4) is 0 Å². The molecular weight excluding hydrogens is 293 g/mol. The molecule has 1 aliphatic rings. The zero-order valence-electron chi connectivity index (χ0n) is 8.66. The minimum absolute atomic E-state index is 0.0519. The van der Waals surface area contributed by atoms with Crippen LogP contribution in [0.15, 0.2) is 10.7 Å². The minimum Gasteiger partial charge on any atom is -0.391 e. The van der Waals surface area contributed by atoms with Crippen molar-refractivity contribution in [3.05, 3.63) is 16.0 Å². The van der Waals surface area contributed by atoms with Crippen LogP contribution in [0, 0.1) is 0 Å². The normalized spacial score (nSPS) is 25.4. The lowest BCUT2D eigenvalue weighted by molar-refractivity contribution is 0.116. The van der Waals surface area contributed by atoms with Gasteiger partial charge in [0.15, 0.2) is 0 Å². The number of aliphatic hydroxyl groups excluding tert-OH is 1. The van der Waals surface area contributed by atoms with Gasteiger partial charge in [0.25, 0.3) is 0 Å². The second-order valence-corrected chi connectivity index (χ2v) is 5.13. The molecule has 6 heteroatoms. The van der Waals surface area contributed by atoms with Crippen LogP contribution in [0.5, 0.6) is 0 Å². The van der Waals surface area contributed by atoms with Gasteiger partial charge in [0.05, 0.1) is 16.6 Å². The molecule has 0 amide bonds. The summed E-state index contributed by atoms with van der Waals surface area (Å²) in [6.07, 6.45) is 5.31. The predicted molar refractivity (Wildman–Crippen MR) is 66.6 cm³/mol. The molecule has 1 saturated carbocycles. The van der Waals surface area contributed by atoms with Gasteiger partial charge < -0.3 is 10.4 Å². The van der Waals surface area contributed by atoms with Crippen molar-refractivity contribution in [2.75, 3.05) is 5.32 Å². The van der Waals surface area contributed by atoms with Gasteiger partial charge in [0.2, 0.25) is 5.28 Å². The van der Waals surface area contributed by atoms with Gasteiger partial charge >= 0.3 is 0 Å². The summed E-state index contributed by atoms with van der Waals surface area (Å²) < 4.78 is 0.759. The standard InChI is InChI=1S/C10H13BrClN3O/c11-6-5-13-10(12)15-9(6)14-7-3-1-2-4-8(7)16/h5,7-8,16H,1-4H2,(H,13,14,15)/t7-,8-/m0/s1. The van der Waals surface area contributed by atoms with Crippen molar-refractivity contribution in [2.24, 2.45) is 0 Å². The molecule has 0 bridgehead atoms. The van der Waals surface area contributed by atoms with Gasteiger partial charge in [-0.2, -0.15) is 4.98 Å². The molecule has 0 saturated heterocycles. The predicted octanol–water partition coefficient (Wildman–Crippen LogP) is 2.61. The van der Waals surface area contributed by atoms with Crippen LogP contribution in [-0.4, -0.2) is 27.2 Å². The Morgan fingerprint density at radius 2 is 2.19 bits per heavy atom. The second kappa shape index (κ2) is 5.29. The Morgan fingerprint density at radius 3 is 2.94 bits per heavy atom. The highest BCUT2D eigenvalue weighted by molar-refractivity contribution is 9.10. The van der Waals surface area contributed by atoms with Gasteiger partial charge in [-0.15, -0.1) is 0 Å². The van der Waals surface area contributed by atoms with E-state index in [-0.39, 0.29) is 17.4 Å². The fraction of sp³-hybridized carbons (Fsp3) is 0.600. The van der Waals surface area contributed by atoms with Crippen molar-refractivity contribution in [3.63, 3.8) is 0 Å². The third-order valence-corrected chi connectivity index (χ3v) is 3.53. The van der Waals surface area contributed by atoms with Crippen LogP contribution < -0.4 is 5.32 Å². The van der Waals surface area contributed by atoms with Crippen molar-refractivity contribution in [1.29, 1.82) is 0 Å². The number of halogens is 2. The third kappa shape index (κ3) is 2.84. The fourth-order valence-corrected chi connectivity index (χ4v) is 2.34. The first-order valence-electron chi connectivity index (χ1n) is 5.29. The van der Waals surface area contributed by atoms with Gasteiger partial charge in [-0.1, -0.05) is 12.8 Å². The molecule has 0 spiro atoms. The summed E-state index contributed by atoms with van der Waals surface area (Å²) in [5, 5.41) is 13.2. The van der Waals surface area contributed by atoms with E-state index in [2.05, 4.69) is 31.2 Å². The smallest absolute Gasteiger partial charge is 0.224 e. The third-order valence-electron chi connectivity index (χ3n) is 2.77. The maximum atomic E-state index is 9.84. The SMILES string of the molecule is O[C@H]1CCCC[C@@H]1Nc1nc(Cl)ncc1Br. The first-order chi connectivity index (χ1) is 7.66. The van der Waals surface area contributed by atoms with E-state index in [1.165, 1.54) is 0 Å². The van der Waals surface area contributed by atoms with E-state index in [1.54, 1.807) is 6.20 Å². The molecule has 1 heterocycles. The molecule has 0 unspecified atom stereocenters. The fourth-order valence-electron chi connectivity index (χ4n) is 1.90. The number of hydrogen-bond acceptors (Lipinski definition) is 4. The van der Waals surface area contributed by atoms with Crippen LogP contribution in [0.3, 0.4) is 0 Å². The molecule has 1 aromatic heterocycles. The van der Waals surface area contributed by atoms with E-state index in [1.807, 2.05) is 0 Å². The monoisotopic (exact) mass is 305 g/mol. The van der Waals surface area contributed by atoms with Crippen LogP contribution in [0.2, 0.25) is 5.28 Å². The lowest BCUT2D eigenvalue weighted by Crippen LogP contribution is -2.36. The average molecular weight is 307 g/mol. The molecule has 16 heavy (non-hydrogen) atoms.